The highest BCUT2D eigenvalue weighted by Crippen LogP contribution is 2.16. The number of nitrogens with zero attached hydrogens (tertiary/aromatic N) is 4. The predicted molar refractivity (Wildman–Crippen MR) is 94.2 cm³/mol. The van der Waals surface area contributed by atoms with E-state index in [1.54, 1.807) is 6.20 Å². The molecule has 3 rings (SSSR count). The van der Waals surface area contributed by atoms with Gasteiger partial charge in [0.1, 0.15) is 11.5 Å². The second-order valence-electron chi connectivity index (χ2n) is 5.83. The number of amides is 1. The molecule has 7 heteroatoms. The normalized spacial score (nSPS) is 15.3. The number of benzene rings is 1. The largest absolute Gasteiger partial charge is 0.365 e. The summed E-state index contributed by atoms with van der Waals surface area (Å²) in [6.07, 6.45) is 3.11. The highest BCUT2D eigenvalue weighted by atomic mass is 35.5. The first-order valence-corrected chi connectivity index (χ1v) is 8.28. The Morgan fingerprint density at radius 3 is 2.58 bits per heavy atom. The summed E-state index contributed by atoms with van der Waals surface area (Å²) in [4.78, 5) is 25.0. The van der Waals surface area contributed by atoms with Crippen LogP contribution in [0.2, 0.25) is 5.02 Å². The van der Waals surface area contributed by atoms with Crippen LogP contribution in [0, 0.1) is 0 Å². The van der Waals surface area contributed by atoms with E-state index in [0.29, 0.717) is 23.1 Å². The summed E-state index contributed by atoms with van der Waals surface area (Å²) < 4.78 is 0. The molecule has 2 heterocycles. The third-order valence-corrected chi connectivity index (χ3v) is 4.45. The Hall–Kier alpha value is -2.18. The van der Waals surface area contributed by atoms with Crippen LogP contribution < -0.4 is 5.32 Å². The van der Waals surface area contributed by atoms with E-state index in [1.807, 2.05) is 29.2 Å². The molecular formula is C17H20ClN5O. The van der Waals surface area contributed by atoms with E-state index in [4.69, 9.17) is 11.6 Å². The SMILES string of the molecule is CN1CCN(C(=O)c2cnc(NCc3ccccc3Cl)cn2)CC1. The zero-order valence-electron chi connectivity index (χ0n) is 13.6. The number of carbonyl (C=O) groups is 1. The standard InChI is InChI=1S/C17H20ClN5O/c1-22-6-8-23(9-7-22)17(24)15-11-21-16(12-19-15)20-10-13-4-2-3-5-14(13)18/h2-5,11-12H,6-10H2,1H3,(H,20,21). The molecule has 1 fully saturated rings. The van der Waals surface area contributed by atoms with Gasteiger partial charge in [-0.25, -0.2) is 9.97 Å². The fourth-order valence-corrected chi connectivity index (χ4v) is 2.73. The molecule has 1 aromatic heterocycles. The highest BCUT2D eigenvalue weighted by Gasteiger charge is 2.21. The highest BCUT2D eigenvalue weighted by molar-refractivity contribution is 6.31. The molecule has 0 radical (unpaired) electrons. The predicted octanol–water partition coefficient (Wildman–Crippen LogP) is 2.13. The van der Waals surface area contributed by atoms with Gasteiger partial charge in [0, 0.05) is 37.7 Å². The number of nitrogens with one attached hydrogen (secondary N) is 1. The average molecular weight is 346 g/mol. The molecule has 0 atom stereocenters. The number of halogens is 1. The van der Waals surface area contributed by atoms with Crippen LogP contribution in [0.15, 0.2) is 36.7 Å². The smallest absolute Gasteiger partial charge is 0.274 e. The van der Waals surface area contributed by atoms with Gasteiger partial charge in [-0.1, -0.05) is 29.8 Å². The van der Waals surface area contributed by atoms with Crippen LogP contribution in [0.25, 0.3) is 0 Å². The van der Waals surface area contributed by atoms with Gasteiger partial charge in [0.25, 0.3) is 5.91 Å². The molecule has 6 nitrogen and oxygen atoms in total. The van der Waals surface area contributed by atoms with Crippen LogP contribution in [0.5, 0.6) is 0 Å². The maximum atomic E-state index is 12.4. The Kier molecular flexibility index (Phi) is 5.27. The van der Waals surface area contributed by atoms with Crippen LogP contribution in [0.3, 0.4) is 0 Å². The second-order valence-corrected chi connectivity index (χ2v) is 6.23. The van der Waals surface area contributed by atoms with E-state index in [9.17, 15) is 4.79 Å². The molecule has 0 unspecified atom stereocenters. The number of rotatable bonds is 4. The maximum absolute atomic E-state index is 12.4. The van der Waals surface area contributed by atoms with E-state index in [1.165, 1.54) is 6.20 Å². The summed E-state index contributed by atoms with van der Waals surface area (Å²) in [5, 5.41) is 3.87. The zero-order valence-corrected chi connectivity index (χ0v) is 14.3. The van der Waals surface area contributed by atoms with Crippen LogP contribution >= 0.6 is 11.6 Å². The van der Waals surface area contributed by atoms with Crippen LogP contribution in [-0.4, -0.2) is 58.9 Å². The summed E-state index contributed by atoms with van der Waals surface area (Å²) >= 11 is 6.12. The van der Waals surface area contributed by atoms with Gasteiger partial charge >= 0.3 is 0 Å². The first-order valence-electron chi connectivity index (χ1n) is 7.90. The van der Waals surface area contributed by atoms with Gasteiger partial charge in [-0.15, -0.1) is 0 Å². The zero-order chi connectivity index (χ0) is 16.9. The quantitative estimate of drug-likeness (QED) is 0.919. The second kappa shape index (κ2) is 7.59. The van der Waals surface area contributed by atoms with Gasteiger partial charge in [-0.3, -0.25) is 4.79 Å². The number of anilines is 1. The monoisotopic (exact) mass is 345 g/mol. The lowest BCUT2D eigenvalue weighted by molar-refractivity contribution is 0.0658. The van der Waals surface area contributed by atoms with Gasteiger partial charge < -0.3 is 15.1 Å². The number of aromatic nitrogens is 2. The summed E-state index contributed by atoms with van der Waals surface area (Å²) in [5.74, 6) is 0.554. The van der Waals surface area contributed by atoms with Crippen molar-refractivity contribution in [1.82, 2.24) is 19.8 Å². The third-order valence-electron chi connectivity index (χ3n) is 4.08. The molecule has 126 valence electrons. The molecule has 0 spiro atoms. The van der Waals surface area contributed by atoms with Crippen LogP contribution in [-0.2, 0) is 6.54 Å². The van der Waals surface area contributed by atoms with Crippen LogP contribution in [0.4, 0.5) is 5.82 Å². The maximum Gasteiger partial charge on any atom is 0.274 e. The third kappa shape index (κ3) is 4.01. The van der Waals surface area contributed by atoms with Gasteiger partial charge in [0.15, 0.2) is 0 Å². The van der Waals surface area contributed by atoms with Crippen molar-refractivity contribution in [2.75, 3.05) is 38.5 Å². The van der Waals surface area contributed by atoms with Crippen molar-refractivity contribution in [3.63, 3.8) is 0 Å². The Morgan fingerprint density at radius 1 is 1.17 bits per heavy atom. The van der Waals surface area contributed by atoms with Crippen molar-refractivity contribution in [3.8, 4) is 0 Å². The molecule has 0 saturated carbocycles. The molecule has 1 aromatic carbocycles. The summed E-state index contributed by atoms with van der Waals surface area (Å²) in [5.41, 5.74) is 1.36. The van der Waals surface area contributed by atoms with Crippen molar-refractivity contribution in [3.05, 3.63) is 52.9 Å². The molecule has 1 N–H and O–H groups in total. The summed E-state index contributed by atoms with van der Waals surface area (Å²) in [6.45, 7) is 3.78. The number of carbonyl (C=O) groups excluding carboxylic acids is 1. The van der Waals surface area contributed by atoms with Crippen molar-refractivity contribution in [2.24, 2.45) is 0 Å². The van der Waals surface area contributed by atoms with Crippen molar-refractivity contribution in [1.29, 1.82) is 0 Å². The minimum Gasteiger partial charge on any atom is -0.365 e. The molecular weight excluding hydrogens is 326 g/mol. The average Bonchev–Trinajstić information content (AvgIpc) is 2.62. The van der Waals surface area contributed by atoms with Gasteiger partial charge in [0.05, 0.1) is 12.4 Å². The van der Waals surface area contributed by atoms with Crippen LogP contribution in [0.1, 0.15) is 16.1 Å². The molecule has 1 aliphatic rings. The lowest BCUT2D eigenvalue weighted by Gasteiger charge is -2.32. The number of piperazine rings is 1. The van der Waals surface area contributed by atoms with E-state index in [2.05, 4.69) is 27.2 Å². The Labute approximate surface area is 146 Å². The van der Waals surface area contributed by atoms with Gasteiger partial charge in [0.2, 0.25) is 0 Å². The minimum atomic E-state index is -0.0618. The molecule has 1 saturated heterocycles. The first kappa shape index (κ1) is 16.7. The van der Waals surface area contributed by atoms with E-state index >= 15 is 0 Å². The first-order chi connectivity index (χ1) is 11.6. The number of hydrogen-bond donors (Lipinski definition) is 1. The van der Waals surface area contributed by atoms with Crippen molar-refractivity contribution < 1.29 is 4.79 Å². The number of hydrogen-bond acceptors (Lipinski definition) is 5. The Bertz CT molecular complexity index is 698. The Morgan fingerprint density at radius 2 is 1.92 bits per heavy atom. The van der Waals surface area contributed by atoms with Crippen molar-refractivity contribution >= 4 is 23.3 Å². The van der Waals surface area contributed by atoms with Gasteiger partial charge in [-0.2, -0.15) is 0 Å². The van der Waals surface area contributed by atoms with Crippen molar-refractivity contribution in [2.45, 2.75) is 6.54 Å². The summed E-state index contributed by atoms with van der Waals surface area (Å²) in [6, 6.07) is 7.63. The summed E-state index contributed by atoms with van der Waals surface area (Å²) in [7, 11) is 2.06. The Balaban J connectivity index is 1.59. The van der Waals surface area contributed by atoms with E-state index in [-0.39, 0.29) is 5.91 Å². The topological polar surface area (TPSA) is 61.4 Å². The molecule has 24 heavy (non-hydrogen) atoms. The van der Waals surface area contributed by atoms with E-state index < -0.39 is 0 Å². The van der Waals surface area contributed by atoms with Gasteiger partial charge in [-0.05, 0) is 18.7 Å². The molecule has 2 aromatic rings. The minimum absolute atomic E-state index is 0.0618. The van der Waals surface area contributed by atoms with E-state index in [0.717, 1.165) is 31.7 Å². The molecule has 0 aliphatic carbocycles. The molecule has 1 amide bonds. The lowest BCUT2D eigenvalue weighted by atomic mass is 10.2. The number of likely N-dealkylation sites (N-methyl/N-ethyl adjacent to an activating group) is 1. The lowest BCUT2D eigenvalue weighted by Crippen LogP contribution is -2.47. The fraction of sp³-hybridized carbons (Fsp3) is 0.353. The molecule has 1 aliphatic heterocycles. The molecule has 0 bridgehead atoms. The fourth-order valence-electron chi connectivity index (χ4n) is 2.53.